The van der Waals surface area contributed by atoms with Gasteiger partial charge in [-0.25, -0.2) is 0 Å². The quantitative estimate of drug-likeness (QED) is 0.564. The summed E-state index contributed by atoms with van der Waals surface area (Å²) in [6.07, 6.45) is 1.48. The lowest BCUT2D eigenvalue weighted by molar-refractivity contribution is 0.00673. The van der Waals surface area contributed by atoms with Crippen molar-refractivity contribution >= 4 is 12.6 Å². The number of ether oxygens (including phenoxy) is 1. The monoisotopic (exact) mass is 179 g/mol. The molecule has 1 aliphatic rings. The van der Waals surface area contributed by atoms with Gasteiger partial charge in [-0.15, -0.1) is 0 Å². The maximum Gasteiger partial charge on any atom is 0.490 e. The maximum atomic E-state index is 8.82. The SMILES string of the molecule is OB(O)c1ccc(C2COC2)nc1. The second-order valence-electron chi connectivity index (χ2n) is 3.12. The van der Waals surface area contributed by atoms with Gasteiger partial charge in [0.2, 0.25) is 0 Å². The van der Waals surface area contributed by atoms with Crippen LogP contribution in [0.1, 0.15) is 11.6 Å². The summed E-state index contributed by atoms with van der Waals surface area (Å²) in [5, 5.41) is 17.6. The van der Waals surface area contributed by atoms with Gasteiger partial charge in [0.1, 0.15) is 0 Å². The molecule has 0 aromatic carbocycles. The van der Waals surface area contributed by atoms with Crippen LogP contribution >= 0.6 is 0 Å². The molecule has 0 radical (unpaired) electrons. The minimum Gasteiger partial charge on any atom is -0.423 e. The van der Waals surface area contributed by atoms with Crippen LogP contribution in [0.15, 0.2) is 18.3 Å². The number of aromatic nitrogens is 1. The van der Waals surface area contributed by atoms with E-state index < -0.39 is 7.12 Å². The molecule has 0 aliphatic carbocycles. The molecule has 0 unspecified atom stereocenters. The van der Waals surface area contributed by atoms with Gasteiger partial charge in [-0.05, 0) is 6.07 Å². The van der Waals surface area contributed by atoms with E-state index >= 15 is 0 Å². The topological polar surface area (TPSA) is 62.6 Å². The molecular formula is C8H10BNO3. The van der Waals surface area contributed by atoms with Crippen LogP contribution in [0.25, 0.3) is 0 Å². The van der Waals surface area contributed by atoms with Crippen LogP contribution in [0.3, 0.4) is 0 Å². The van der Waals surface area contributed by atoms with Crippen molar-refractivity contribution in [1.29, 1.82) is 0 Å². The minimum atomic E-state index is -1.43. The predicted molar refractivity (Wildman–Crippen MR) is 47.6 cm³/mol. The number of hydrogen-bond donors (Lipinski definition) is 2. The Labute approximate surface area is 76.3 Å². The van der Waals surface area contributed by atoms with E-state index in [4.69, 9.17) is 14.8 Å². The molecule has 1 fully saturated rings. The second-order valence-corrected chi connectivity index (χ2v) is 3.12. The zero-order chi connectivity index (χ0) is 9.26. The Morgan fingerprint density at radius 3 is 2.54 bits per heavy atom. The van der Waals surface area contributed by atoms with Crippen LogP contribution in [-0.4, -0.2) is 35.4 Å². The van der Waals surface area contributed by atoms with Gasteiger partial charge in [0.05, 0.1) is 13.2 Å². The zero-order valence-corrected chi connectivity index (χ0v) is 7.05. The van der Waals surface area contributed by atoms with Gasteiger partial charge in [0.15, 0.2) is 0 Å². The lowest BCUT2D eigenvalue weighted by Crippen LogP contribution is -2.31. The van der Waals surface area contributed by atoms with Gasteiger partial charge in [0, 0.05) is 23.3 Å². The van der Waals surface area contributed by atoms with E-state index in [-0.39, 0.29) is 0 Å². The Balaban J connectivity index is 2.13. The van der Waals surface area contributed by atoms with Crippen molar-refractivity contribution in [3.8, 4) is 0 Å². The average Bonchev–Trinajstić information content (AvgIpc) is 2.02. The fourth-order valence-electron chi connectivity index (χ4n) is 1.22. The molecule has 0 amide bonds. The molecule has 0 spiro atoms. The molecule has 13 heavy (non-hydrogen) atoms. The van der Waals surface area contributed by atoms with Crippen molar-refractivity contribution in [3.05, 3.63) is 24.0 Å². The largest absolute Gasteiger partial charge is 0.490 e. The molecule has 5 heteroatoms. The van der Waals surface area contributed by atoms with Crippen LogP contribution in [0.5, 0.6) is 0 Å². The maximum absolute atomic E-state index is 8.82. The van der Waals surface area contributed by atoms with E-state index in [0.29, 0.717) is 24.6 Å². The Morgan fingerprint density at radius 1 is 1.38 bits per heavy atom. The van der Waals surface area contributed by atoms with E-state index in [9.17, 15) is 0 Å². The highest BCUT2D eigenvalue weighted by molar-refractivity contribution is 6.58. The van der Waals surface area contributed by atoms with Crippen LogP contribution in [0, 0.1) is 0 Å². The molecule has 1 saturated heterocycles. The lowest BCUT2D eigenvalue weighted by Gasteiger charge is -2.25. The normalized spacial score (nSPS) is 16.8. The molecule has 2 heterocycles. The first-order chi connectivity index (χ1) is 6.27. The summed E-state index contributed by atoms with van der Waals surface area (Å²) in [5.41, 5.74) is 1.37. The fourth-order valence-corrected chi connectivity index (χ4v) is 1.22. The molecule has 1 aromatic heterocycles. The molecule has 0 atom stereocenters. The Hall–Kier alpha value is -0.905. The first kappa shape index (κ1) is 8.68. The summed E-state index contributed by atoms with van der Waals surface area (Å²) in [6, 6.07) is 3.48. The first-order valence-electron chi connectivity index (χ1n) is 4.17. The van der Waals surface area contributed by atoms with Gasteiger partial charge in [-0.1, -0.05) is 6.07 Å². The molecule has 68 valence electrons. The smallest absolute Gasteiger partial charge is 0.423 e. The summed E-state index contributed by atoms with van der Waals surface area (Å²) >= 11 is 0. The number of nitrogens with zero attached hydrogens (tertiary/aromatic N) is 1. The fraction of sp³-hybridized carbons (Fsp3) is 0.375. The van der Waals surface area contributed by atoms with Gasteiger partial charge in [-0.2, -0.15) is 0 Å². The van der Waals surface area contributed by atoms with Crippen molar-refractivity contribution in [3.63, 3.8) is 0 Å². The van der Waals surface area contributed by atoms with E-state index in [2.05, 4.69) is 4.98 Å². The predicted octanol–water partition coefficient (Wildman–Crippen LogP) is -1.12. The molecular weight excluding hydrogens is 169 g/mol. The number of pyridine rings is 1. The van der Waals surface area contributed by atoms with Gasteiger partial charge < -0.3 is 14.8 Å². The van der Waals surface area contributed by atoms with Gasteiger partial charge >= 0.3 is 7.12 Å². The van der Waals surface area contributed by atoms with Crippen molar-refractivity contribution < 1.29 is 14.8 Å². The third kappa shape index (κ3) is 1.72. The van der Waals surface area contributed by atoms with Crippen LogP contribution in [0.4, 0.5) is 0 Å². The second kappa shape index (κ2) is 3.45. The highest BCUT2D eigenvalue weighted by Gasteiger charge is 2.22. The average molecular weight is 179 g/mol. The molecule has 2 rings (SSSR count). The zero-order valence-electron chi connectivity index (χ0n) is 7.05. The molecule has 1 aromatic rings. The van der Waals surface area contributed by atoms with Crippen LogP contribution in [-0.2, 0) is 4.74 Å². The Bertz CT molecular complexity index is 284. The Kier molecular flexibility index (Phi) is 2.31. The number of rotatable bonds is 2. The summed E-state index contributed by atoms with van der Waals surface area (Å²) in [6.45, 7) is 1.43. The Morgan fingerprint density at radius 2 is 2.15 bits per heavy atom. The number of hydrogen-bond acceptors (Lipinski definition) is 4. The summed E-state index contributed by atoms with van der Waals surface area (Å²) in [7, 11) is -1.43. The van der Waals surface area contributed by atoms with Crippen LogP contribution in [0.2, 0.25) is 0 Å². The first-order valence-corrected chi connectivity index (χ1v) is 4.17. The van der Waals surface area contributed by atoms with E-state index in [1.807, 2.05) is 6.07 Å². The van der Waals surface area contributed by atoms with E-state index in [1.54, 1.807) is 6.07 Å². The van der Waals surface area contributed by atoms with Crippen molar-refractivity contribution in [2.75, 3.05) is 13.2 Å². The van der Waals surface area contributed by atoms with Crippen molar-refractivity contribution in [1.82, 2.24) is 4.98 Å². The highest BCUT2D eigenvalue weighted by atomic mass is 16.5. The molecule has 0 saturated carbocycles. The molecule has 1 aliphatic heterocycles. The third-order valence-electron chi connectivity index (χ3n) is 2.16. The lowest BCUT2D eigenvalue weighted by atomic mass is 9.81. The molecule has 2 N–H and O–H groups in total. The van der Waals surface area contributed by atoms with Crippen molar-refractivity contribution in [2.24, 2.45) is 0 Å². The highest BCUT2D eigenvalue weighted by Crippen LogP contribution is 2.20. The molecule has 0 bridgehead atoms. The minimum absolute atomic E-state index is 0.380. The summed E-state index contributed by atoms with van der Waals surface area (Å²) in [4.78, 5) is 4.12. The van der Waals surface area contributed by atoms with Crippen molar-refractivity contribution in [2.45, 2.75) is 5.92 Å². The molecule has 4 nitrogen and oxygen atoms in total. The standard InChI is InChI=1S/C8H10BNO3/c11-9(12)7-1-2-8(10-3-7)6-4-13-5-6/h1-3,6,11-12H,4-5H2. The van der Waals surface area contributed by atoms with E-state index in [1.165, 1.54) is 6.20 Å². The van der Waals surface area contributed by atoms with Crippen LogP contribution < -0.4 is 5.46 Å². The van der Waals surface area contributed by atoms with Gasteiger partial charge in [0.25, 0.3) is 0 Å². The van der Waals surface area contributed by atoms with Gasteiger partial charge in [-0.3, -0.25) is 4.98 Å². The summed E-state index contributed by atoms with van der Waals surface area (Å²) in [5.74, 6) is 0.380. The third-order valence-corrected chi connectivity index (χ3v) is 2.16. The van der Waals surface area contributed by atoms with E-state index in [0.717, 1.165) is 5.69 Å². The summed E-state index contributed by atoms with van der Waals surface area (Å²) < 4.78 is 5.03.